The fourth-order valence-corrected chi connectivity index (χ4v) is 1.85. The maximum atomic E-state index is 6.00. The van der Waals surface area contributed by atoms with Crippen molar-refractivity contribution in [3.8, 4) is 5.69 Å². The minimum Gasteiger partial charge on any atom is -0.323 e. The summed E-state index contributed by atoms with van der Waals surface area (Å²) in [6, 6.07) is 5.73. The number of nitrogens with zero attached hydrogens (tertiary/aromatic N) is 2. The zero-order chi connectivity index (χ0) is 11.7. The van der Waals surface area contributed by atoms with Crippen molar-refractivity contribution in [1.82, 2.24) is 9.55 Å². The number of hydrogen-bond donors (Lipinski definition) is 1. The van der Waals surface area contributed by atoms with Crippen LogP contribution in [-0.2, 0) is 0 Å². The number of rotatable bonds is 2. The number of hydrogen-bond acceptors (Lipinski definition) is 2. The molecule has 16 heavy (non-hydrogen) atoms. The van der Waals surface area contributed by atoms with Gasteiger partial charge in [-0.2, -0.15) is 0 Å². The zero-order valence-corrected chi connectivity index (χ0v) is 10.1. The van der Waals surface area contributed by atoms with Crippen LogP contribution in [0.4, 0.5) is 0 Å². The van der Waals surface area contributed by atoms with Crippen LogP contribution in [0.5, 0.6) is 0 Å². The summed E-state index contributed by atoms with van der Waals surface area (Å²) in [5, 5.41) is 0.713. The Morgan fingerprint density at radius 1 is 1.44 bits per heavy atom. The van der Waals surface area contributed by atoms with Gasteiger partial charge in [-0.25, -0.2) is 4.98 Å². The van der Waals surface area contributed by atoms with Crippen LogP contribution >= 0.6 is 11.6 Å². The average Bonchev–Trinajstić information content (AvgIpc) is 2.70. The number of aromatic nitrogens is 2. The predicted molar refractivity (Wildman–Crippen MR) is 65.9 cm³/mol. The van der Waals surface area contributed by atoms with E-state index in [1.165, 1.54) is 0 Å². The molecular formula is C12H14ClN3. The van der Waals surface area contributed by atoms with Crippen LogP contribution in [0, 0.1) is 6.92 Å². The van der Waals surface area contributed by atoms with Crippen molar-refractivity contribution >= 4 is 11.6 Å². The topological polar surface area (TPSA) is 43.8 Å². The molecule has 0 aliphatic heterocycles. The lowest BCUT2D eigenvalue weighted by atomic mass is 10.2. The van der Waals surface area contributed by atoms with Crippen molar-refractivity contribution in [3.63, 3.8) is 0 Å². The third-order valence-electron chi connectivity index (χ3n) is 2.56. The minimum absolute atomic E-state index is 0.0547. The van der Waals surface area contributed by atoms with Crippen LogP contribution in [0.2, 0.25) is 5.02 Å². The Balaban J connectivity index is 2.58. The highest BCUT2D eigenvalue weighted by Crippen LogP contribution is 2.22. The van der Waals surface area contributed by atoms with Crippen molar-refractivity contribution in [1.29, 1.82) is 0 Å². The van der Waals surface area contributed by atoms with Crippen molar-refractivity contribution in [2.45, 2.75) is 19.9 Å². The molecule has 0 amide bonds. The highest BCUT2D eigenvalue weighted by atomic mass is 35.5. The smallest absolute Gasteiger partial charge is 0.0994 e. The number of imidazole rings is 1. The minimum atomic E-state index is -0.0547. The monoisotopic (exact) mass is 235 g/mol. The van der Waals surface area contributed by atoms with Gasteiger partial charge in [-0.15, -0.1) is 0 Å². The van der Waals surface area contributed by atoms with E-state index in [0.29, 0.717) is 5.02 Å². The molecule has 3 nitrogen and oxygen atoms in total. The third kappa shape index (κ3) is 1.96. The van der Waals surface area contributed by atoms with E-state index in [1.807, 2.05) is 36.6 Å². The summed E-state index contributed by atoms with van der Waals surface area (Å²) in [4.78, 5) is 4.13. The highest BCUT2D eigenvalue weighted by Gasteiger charge is 2.10. The maximum Gasteiger partial charge on any atom is 0.0994 e. The standard InChI is InChI=1S/C12H14ClN3/c1-8-3-4-10(13)5-11(8)16-7-15-6-12(16)9(2)14/h3-7,9H,14H2,1-2H3/t9-/m1/s1. The Hall–Kier alpha value is -1.32. The van der Waals surface area contributed by atoms with Gasteiger partial charge in [-0.05, 0) is 31.5 Å². The highest BCUT2D eigenvalue weighted by molar-refractivity contribution is 6.30. The number of nitrogens with two attached hydrogens (primary N) is 1. The molecule has 1 heterocycles. The summed E-state index contributed by atoms with van der Waals surface area (Å²) in [5.41, 5.74) is 9.04. The van der Waals surface area contributed by atoms with E-state index in [0.717, 1.165) is 16.9 Å². The average molecular weight is 236 g/mol. The summed E-state index contributed by atoms with van der Waals surface area (Å²) >= 11 is 6.00. The Morgan fingerprint density at radius 2 is 2.19 bits per heavy atom. The Labute approximate surface area is 99.9 Å². The molecule has 0 unspecified atom stereocenters. The molecule has 2 N–H and O–H groups in total. The molecule has 0 saturated heterocycles. The van der Waals surface area contributed by atoms with E-state index in [2.05, 4.69) is 4.98 Å². The largest absolute Gasteiger partial charge is 0.323 e. The first kappa shape index (κ1) is 11.2. The number of halogens is 1. The normalized spacial score (nSPS) is 12.8. The lowest BCUT2D eigenvalue weighted by Crippen LogP contribution is -2.11. The number of benzene rings is 1. The van der Waals surface area contributed by atoms with Gasteiger partial charge in [0.15, 0.2) is 0 Å². The molecule has 0 saturated carbocycles. The Bertz CT molecular complexity index is 503. The van der Waals surface area contributed by atoms with Crippen LogP contribution in [0.1, 0.15) is 24.2 Å². The van der Waals surface area contributed by atoms with Gasteiger partial charge in [0.2, 0.25) is 0 Å². The predicted octanol–water partition coefficient (Wildman–Crippen LogP) is 2.85. The molecule has 0 fully saturated rings. The van der Waals surface area contributed by atoms with E-state index in [1.54, 1.807) is 12.5 Å². The Kier molecular flexibility index (Phi) is 2.99. The van der Waals surface area contributed by atoms with Gasteiger partial charge in [-0.1, -0.05) is 17.7 Å². The van der Waals surface area contributed by atoms with Crippen LogP contribution in [-0.4, -0.2) is 9.55 Å². The Morgan fingerprint density at radius 3 is 2.88 bits per heavy atom. The van der Waals surface area contributed by atoms with Crippen LogP contribution in [0.15, 0.2) is 30.7 Å². The molecule has 2 rings (SSSR count). The first-order valence-corrected chi connectivity index (χ1v) is 5.51. The van der Waals surface area contributed by atoms with E-state index in [4.69, 9.17) is 17.3 Å². The number of aryl methyl sites for hydroxylation is 1. The molecule has 2 aromatic rings. The quantitative estimate of drug-likeness (QED) is 0.870. The molecular weight excluding hydrogens is 222 g/mol. The maximum absolute atomic E-state index is 6.00. The molecule has 1 aromatic carbocycles. The second-order valence-electron chi connectivity index (χ2n) is 3.91. The van der Waals surface area contributed by atoms with Gasteiger partial charge >= 0.3 is 0 Å². The molecule has 0 aliphatic rings. The second-order valence-corrected chi connectivity index (χ2v) is 4.34. The summed E-state index contributed by atoms with van der Waals surface area (Å²) in [6.07, 6.45) is 3.54. The van der Waals surface area contributed by atoms with Crippen molar-refractivity contribution in [3.05, 3.63) is 47.0 Å². The van der Waals surface area contributed by atoms with E-state index < -0.39 is 0 Å². The van der Waals surface area contributed by atoms with E-state index >= 15 is 0 Å². The summed E-state index contributed by atoms with van der Waals surface area (Å²) in [5.74, 6) is 0. The lowest BCUT2D eigenvalue weighted by Gasteiger charge is -2.13. The summed E-state index contributed by atoms with van der Waals surface area (Å²) < 4.78 is 1.98. The van der Waals surface area contributed by atoms with Gasteiger partial charge in [0.05, 0.1) is 23.9 Å². The van der Waals surface area contributed by atoms with Crippen molar-refractivity contribution < 1.29 is 0 Å². The molecule has 84 valence electrons. The van der Waals surface area contributed by atoms with Gasteiger partial charge in [-0.3, -0.25) is 0 Å². The first-order chi connectivity index (χ1) is 7.59. The summed E-state index contributed by atoms with van der Waals surface area (Å²) in [7, 11) is 0. The fraction of sp³-hybridized carbons (Fsp3) is 0.250. The summed E-state index contributed by atoms with van der Waals surface area (Å²) in [6.45, 7) is 3.98. The van der Waals surface area contributed by atoms with Crippen LogP contribution in [0.25, 0.3) is 5.69 Å². The molecule has 0 bridgehead atoms. The molecule has 1 atom stereocenters. The van der Waals surface area contributed by atoms with Crippen LogP contribution in [0.3, 0.4) is 0 Å². The second kappa shape index (κ2) is 4.28. The fourth-order valence-electron chi connectivity index (χ4n) is 1.69. The van der Waals surface area contributed by atoms with Crippen molar-refractivity contribution in [2.75, 3.05) is 0 Å². The van der Waals surface area contributed by atoms with Gasteiger partial charge < -0.3 is 10.3 Å². The molecule has 1 aromatic heterocycles. The van der Waals surface area contributed by atoms with E-state index in [9.17, 15) is 0 Å². The lowest BCUT2D eigenvalue weighted by molar-refractivity contribution is 0.751. The van der Waals surface area contributed by atoms with E-state index in [-0.39, 0.29) is 6.04 Å². The first-order valence-electron chi connectivity index (χ1n) is 5.14. The third-order valence-corrected chi connectivity index (χ3v) is 2.80. The van der Waals surface area contributed by atoms with Crippen LogP contribution < -0.4 is 5.73 Å². The van der Waals surface area contributed by atoms with Gasteiger partial charge in [0, 0.05) is 11.1 Å². The molecule has 4 heteroatoms. The van der Waals surface area contributed by atoms with Gasteiger partial charge in [0.25, 0.3) is 0 Å². The SMILES string of the molecule is Cc1ccc(Cl)cc1-n1cncc1[C@@H](C)N. The molecule has 0 spiro atoms. The van der Waals surface area contributed by atoms with Crippen molar-refractivity contribution in [2.24, 2.45) is 5.73 Å². The molecule has 0 aliphatic carbocycles. The zero-order valence-electron chi connectivity index (χ0n) is 9.31. The molecule has 0 radical (unpaired) electrons. The van der Waals surface area contributed by atoms with Gasteiger partial charge in [0.1, 0.15) is 0 Å².